The van der Waals surface area contributed by atoms with Crippen LogP contribution in [-0.2, 0) is 0 Å². The molecule has 21 heavy (non-hydrogen) atoms. The van der Waals surface area contributed by atoms with E-state index in [1.807, 2.05) is 13.8 Å². The molecule has 0 saturated carbocycles. The van der Waals surface area contributed by atoms with E-state index in [-0.39, 0.29) is 11.8 Å². The van der Waals surface area contributed by atoms with E-state index < -0.39 is 0 Å². The van der Waals surface area contributed by atoms with Gasteiger partial charge in [0.05, 0.1) is 5.69 Å². The normalized spacial score (nSPS) is 10.7. The van der Waals surface area contributed by atoms with Gasteiger partial charge < -0.3 is 11.1 Å². The maximum atomic E-state index is 12.3. The summed E-state index contributed by atoms with van der Waals surface area (Å²) in [6.07, 6.45) is 0. The SMILES string of the molecule is CC(C)c1cc(C(=O)Nc2ccc(Cl)cc2I)cc(N)n1. The molecule has 3 N–H and O–H groups in total. The van der Waals surface area contributed by atoms with Crippen molar-refractivity contribution in [1.29, 1.82) is 0 Å². The summed E-state index contributed by atoms with van der Waals surface area (Å²) in [5, 5.41) is 3.49. The topological polar surface area (TPSA) is 68.0 Å². The standard InChI is InChI=1S/C15H15ClIN3O/c1-8(2)13-5-9(6-14(18)19-13)15(21)20-12-4-3-10(16)7-11(12)17/h3-8H,1-2H3,(H2,18,19)(H,20,21). The molecule has 6 heteroatoms. The first-order valence-corrected chi connectivity index (χ1v) is 7.86. The maximum Gasteiger partial charge on any atom is 0.255 e. The van der Waals surface area contributed by atoms with E-state index in [0.29, 0.717) is 22.1 Å². The van der Waals surface area contributed by atoms with E-state index in [9.17, 15) is 4.79 Å². The summed E-state index contributed by atoms with van der Waals surface area (Å²) in [6.45, 7) is 4.01. The van der Waals surface area contributed by atoms with Gasteiger partial charge in [0.2, 0.25) is 0 Å². The van der Waals surface area contributed by atoms with Gasteiger partial charge >= 0.3 is 0 Å². The Balaban J connectivity index is 2.28. The smallest absolute Gasteiger partial charge is 0.255 e. The molecule has 2 aromatic rings. The van der Waals surface area contributed by atoms with Crippen molar-refractivity contribution in [3.05, 3.63) is 50.2 Å². The summed E-state index contributed by atoms with van der Waals surface area (Å²) < 4.78 is 0.875. The first kappa shape index (κ1) is 16.0. The number of hydrogen-bond donors (Lipinski definition) is 2. The fourth-order valence-electron chi connectivity index (χ4n) is 1.79. The minimum Gasteiger partial charge on any atom is -0.384 e. The molecule has 1 aromatic carbocycles. The van der Waals surface area contributed by atoms with E-state index in [1.165, 1.54) is 0 Å². The zero-order valence-electron chi connectivity index (χ0n) is 11.7. The first-order chi connectivity index (χ1) is 9.86. The van der Waals surface area contributed by atoms with Crippen LogP contribution in [-0.4, -0.2) is 10.9 Å². The maximum absolute atomic E-state index is 12.3. The van der Waals surface area contributed by atoms with Crippen LogP contribution in [0.1, 0.15) is 35.8 Å². The highest BCUT2D eigenvalue weighted by atomic mass is 127. The van der Waals surface area contributed by atoms with Crippen LogP contribution in [0.25, 0.3) is 0 Å². The van der Waals surface area contributed by atoms with Crippen LogP contribution in [0.4, 0.5) is 11.5 Å². The lowest BCUT2D eigenvalue weighted by molar-refractivity contribution is 0.102. The van der Waals surface area contributed by atoms with E-state index in [0.717, 1.165) is 9.26 Å². The second-order valence-corrected chi connectivity index (χ2v) is 6.54. The molecule has 110 valence electrons. The Labute approximate surface area is 142 Å². The van der Waals surface area contributed by atoms with Crippen LogP contribution >= 0.6 is 34.2 Å². The molecule has 0 bridgehead atoms. The van der Waals surface area contributed by atoms with Gasteiger partial charge in [0.25, 0.3) is 5.91 Å². The van der Waals surface area contributed by atoms with Gasteiger partial charge in [-0.05, 0) is 58.8 Å². The summed E-state index contributed by atoms with van der Waals surface area (Å²) in [5.41, 5.74) is 7.78. The van der Waals surface area contributed by atoms with Gasteiger partial charge in [-0.15, -0.1) is 0 Å². The quantitative estimate of drug-likeness (QED) is 0.735. The molecule has 0 saturated heterocycles. The Morgan fingerprint density at radius 1 is 1.33 bits per heavy atom. The third-order valence-corrected chi connectivity index (χ3v) is 4.03. The fourth-order valence-corrected chi connectivity index (χ4v) is 2.79. The molecule has 0 aliphatic rings. The molecular formula is C15H15ClIN3O. The van der Waals surface area contributed by atoms with Gasteiger partial charge in [-0.3, -0.25) is 4.79 Å². The van der Waals surface area contributed by atoms with Gasteiger partial charge in [-0.2, -0.15) is 0 Å². The van der Waals surface area contributed by atoms with Crippen LogP contribution in [0.2, 0.25) is 5.02 Å². The second kappa shape index (κ2) is 6.62. The van der Waals surface area contributed by atoms with Crippen LogP contribution in [0, 0.1) is 3.57 Å². The van der Waals surface area contributed by atoms with Crippen LogP contribution in [0.15, 0.2) is 30.3 Å². The molecule has 1 amide bonds. The Kier molecular flexibility index (Phi) is 5.05. The van der Waals surface area contributed by atoms with Crippen LogP contribution in [0.3, 0.4) is 0 Å². The zero-order chi connectivity index (χ0) is 15.6. The number of nitrogens with zero attached hydrogens (tertiary/aromatic N) is 1. The van der Waals surface area contributed by atoms with Gasteiger partial charge in [0, 0.05) is 19.9 Å². The van der Waals surface area contributed by atoms with Gasteiger partial charge in [-0.1, -0.05) is 25.4 Å². The Morgan fingerprint density at radius 2 is 2.05 bits per heavy atom. The number of benzene rings is 1. The number of anilines is 2. The number of aromatic nitrogens is 1. The highest BCUT2D eigenvalue weighted by Crippen LogP contribution is 2.23. The van der Waals surface area contributed by atoms with E-state index >= 15 is 0 Å². The first-order valence-electron chi connectivity index (χ1n) is 6.40. The lowest BCUT2D eigenvalue weighted by Gasteiger charge is -2.11. The van der Waals surface area contributed by atoms with E-state index in [2.05, 4.69) is 32.9 Å². The van der Waals surface area contributed by atoms with Gasteiger partial charge in [0.1, 0.15) is 5.82 Å². The van der Waals surface area contributed by atoms with Crippen LogP contribution in [0.5, 0.6) is 0 Å². The van der Waals surface area contributed by atoms with E-state index in [1.54, 1.807) is 30.3 Å². The average molecular weight is 416 g/mol. The molecule has 0 aliphatic carbocycles. The van der Waals surface area contributed by atoms with Crippen molar-refractivity contribution in [2.75, 3.05) is 11.1 Å². The molecule has 0 spiro atoms. The van der Waals surface area contributed by atoms with Crippen molar-refractivity contribution in [3.8, 4) is 0 Å². The Morgan fingerprint density at radius 3 is 2.67 bits per heavy atom. The molecular weight excluding hydrogens is 401 g/mol. The molecule has 0 atom stereocenters. The lowest BCUT2D eigenvalue weighted by Crippen LogP contribution is -2.14. The third kappa shape index (κ3) is 4.07. The van der Waals surface area contributed by atoms with Crippen molar-refractivity contribution in [2.45, 2.75) is 19.8 Å². The molecule has 4 nitrogen and oxygen atoms in total. The van der Waals surface area contributed by atoms with Crippen molar-refractivity contribution in [1.82, 2.24) is 4.98 Å². The van der Waals surface area contributed by atoms with Crippen molar-refractivity contribution < 1.29 is 4.79 Å². The number of amides is 1. The Hall–Kier alpha value is -1.34. The summed E-state index contributed by atoms with van der Waals surface area (Å²) >= 11 is 8.03. The number of carbonyl (C=O) groups is 1. The molecule has 0 unspecified atom stereocenters. The number of rotatable bonds is 3. The molecule has 1 heterocycles. The largest absolute Gasteiger partial charge is 0.384 e. The van der Waals surface area contributed by atoms with Crippen molar-refractivity contribution >= 4 is 51.6 Å². The van der Waals surface area contributed by atoms with Crippen molar-refractivity contribution in [3.63, 3.8) is 0 Å². The molecule has 0 radical (unpaired) electrons. The zero-order valence-corrected chi connectivity index (χ0v) is 14.6. The second-order valence-electron chi connectivity index (χ2n) is 4.94. The summed E-state index contributed by atoms with van der Waals surface area (Å²) in [4.78, 5) is 16.6. The average Bonchev–Trinajstić information content (AvgIpc) is 2.41. The summed E-state index contributed by atoms with van der Waals surface area (Å²) in [7, 11) is 0. The molecule has 0 aliphatic heterocycles. The fraction of sp³-hybridized carbons (Fsp3) is 0.200. The minimum atomic E-state index is -0.216. The highest BCUT2D eigenvalue weighted by Gasteiger charge is 2.12. The predicted octanol–water partition coefficient (Wildman–Crippen LogP) is 4.30. The number of carbonyl (C=O) groups excluding carboxylic acids is 1. The van der Waals surface area contributed by atoms with Gasteiger partial charge in [-0.25, -0.2) is 4.98 Å². The number of hydrogen-bond acceptors (Lipinski definition) is 3. The molecule has 1 aromatic heterocycles. The van der Waals surface area contributed by atoms with Crippen molar-refractivity contribution in [2.24, 2.45) is 0 Å². The molecule has 0 fully saturated rings. The highest BCUT2D eigenvalue weighted by molar-refractivity contribution is 14.1. The van der Waals surface area contributed by atoms with Crippen LogP contribution < -0.4 is 11.1 Å². The number of nitrogens with two attached hydrogens (primary N) is 1. The number of nitrogens with one attached hydrogen (secondary N) is 1. The number of pyridine rings is 1. The summed E-state index contributed by atoms with van der Waals surface area (Å²) in [5.74, 6) is 0.333. The molecule has 2 rings (SSSR count). The number of nitrogen functional groups attached to an aromatic ring is 1. The number of halogens is 2. The predicted molar refractivity (Wildman–Crippen MR) is 94.9 cm³/mol. The van der Waals surface area contributed by atoms with E-state index in [4.69, 9.17) is 17.3 Å². The van der Waals surface area contributed by atoms with Gasteiger partial charge in [0.15, 0.2) is 0 Å². The Bertz CT molecular complexity index is 689. The monoisotopic (exact) mass is 415 g/mol. The lowest BCUT2D eigenvalue weighted by atomic mass is 10.1. The summed E-state index contributed by atoms with van der Waals surface area (Å²) in [6, 6.07) is 8.64. The third-order valence-electron chi connectivity index (χ3n) is 2.90. The minimum absolute atomic E-state index is 0.204.